The number of hydrogen-bond donors (Lipinski definition) is 1. The van der Waals surface area contributed by atoms with Gasteiger partial charge >= 0.3 is 0 Å². The standard InChI is InChI=1S/C13H18Br2N2/c1-9-7-11(16-2)5-6-17(9)13-4-3-10(14)8-12(13)15/h3-4,8-9,11,16H,5-7H2,1-2H3. The van der Waals surface area contributed by atoms with E-state index in [0.717, 1.165) is 11.0 Å². The number of nitrogens with zero attached hydrogens (tertiary/aromatic N) is 1. The Labute approximate surface area is 120 Å². The topological polar surface area (TPSA) is 15.3 Å². The average molecular weight is 362 g/mol. The minimum Gasteiger partial charge on any atom is -0.368 e. The first kappa shape index (κ1) is 13.4. The Balaban J connectivity index is 2.17. The van der Waals surface area contributed by atoms with Crippen LogP contribution in [0.1, 0.15) is 19.8 Å². The molecule has 0 spiro atoms. The van der Waals surface area contributed by atoms with Gasteiger partial charge in [-0.3, -0.25) is 0 Å². The molecule has 1 saturated heterocycles. The van der Waals surface area contributed by atoms with Crippen molar-refractivity contribution in [3.63, 3.8) is 0 Å². The average Bonchev–Trinajstić information content (AvgIpc) is 2.30. The van der Waals surface area contributed by atoms with Gasteiger partial charge in [0.05, 0.1) is 5.69 Å². The van der Waals surface area contributed by atoms with Gasteiger partial charge < -0.3 is 10.2 Å². The van der Waals surface area contributed by atoms with E-state index < -0.39 is 0 Å². The Bertz CT molecular complexity index is 395. The summed E-state index contributed by atoms with van der Waals surface area (Å²) in [4.78, 5) is 2.49. The van der Waals surface area contributed by atoms with Crippen molar-refractivity contribution in [2.45, 2.75) is 31.8 Å². The van der Waals surface area contributed by atoms with Crippen molar-refractivity contribution < 1.29 is 0 Å². The molecule has 17 heavy (non-hydrogen) atoms. The summed E-state index contributed by atoms with van der Waals surface area (Å²) in [6, 6.07) is 7.65. The molecular weight excluding hydrogens is 344 g/mol. The van der Waals surface area contributed by atoms with E-state index in [-0.39, 0.29) is 0 Å². The van der Waals surface area contributed by atoms with Crippen LogP contribution in [0.4, 0.5) is 5.69 Å². The fourth-order valence-electron chi connectivity index (χ4n) is 2.51. The molecule has 1 N–H and O–H groups in total. The van der Waals surface area contributed by atoms with Gasteiger partial charge in [0.15, 0.2) is 0 Å². The van der Waals surface area contributed by atoms with Gasteiger partial charge in [-0.05, 0) is 60.9 Å². The lowest BCUT2D eigenvalue weighted by Gasteiger charge is -2.39. The summed E-state index contributed by atoms with van der Waals surface area (Å²) in [5.74, 6) is 0. The SMILES string of the molecule is CNC1CCN(c2ccc(Br)cc2Br)C(C)C1. The third kappa shape index (κ3) is 3.04. The molecule has 1 aromatic rings. The summed E-state index contributed by atoms with van der Waals surface area (Å²) in [7, 11) is 2.06. The van der Waals surface area contributed by atoms with Gasteiger partial charge in [0, 0.05) is 27.6 Å². The van der Waals surface area contributed by atoms with Crippen LogP contribution < -0.4 is 10.2 Å². The van der Waals surface area contributed by atoms with Crippen molar-refractivity contribution in [2.24, 2.45) is 0 Å². The Morgan fingerprint density at radius 3 is 2.71 bits per heavy atom. The van der Waals surface area contributed by atoms with Gasteiger partial charge in [-0.15, -0.1) is 0 Å². The smallest absolute Gasteiger partial charge is 0.0513 e. The van der Waals surface area contributed by atoms with E-state index in [0.29, 0.717) is 12.1 Å². The molecule has 0 amide bonds. The van der Waals surface area contributed by atoms with Crippen LogP contribution in [0, 0.1) is 0 Å². The fourth-order valence-corrected chi connectivity index (χ4v) is 3.78. The molecule has 2 nitrogen and oxygen atoms in total. The van der Waals surface area contributed by atoms with Crippen molar-refractivity contribution in [1.29, 1.82) is 0 Å². The molecule has 0 bridgehead atoms. The van der Waals surface area contributed by atoms with Crippen LogP contribution in [0.15, 0.2) is 27.1 Å². The summed E-state index contributed by atoms with van der Waals surface area (Å²) >= 11 is 7.15. The summed E-state index contributed by atoms with van der Waals surface area (Å²) < 4.78 is 2.28. The van der Waals surface area contributed by atoms with Crippen molar-refractivity contribution >= 4 is 37.5 Å². The van der Waals surface area contributed by atoms with E-state index in [9.17, 15) is 0 Å². The summed E-state index contributed by atoms with van der Waals surface area (Å²) in [6.07, 6.45) is 2.42. The lowest BCUT2D eigenvalue weighted by atomic mass is 9.98. The molecule has 2 rings (SSSR count). The third-order valence-corrected chi connectivity index (χ3v) is 4.63. The van der Waals surface area contributed by atoms with Crippen molar-refractivity contribution in [3.05, 3.63) is 27.1 Å². The lowest BCUT2D eigenvalue weighted by Crippen LogP contribution is -2.46. The van der Waals surface area contributed by atoms with E-state index in [1.165, 1.54) is 23.0 Å². The molecule has 1 aliphatic heterocycles. The predicted octanol–water partition coefficient (Wildman–Crippen LogP) is 3.79. The lowest BCUT2D eigenvalue weighted by molar-refractivity contribution is 0.387. The number of piperidine rings is 1. The molecular formula is C13H18Br2N2. The molecule has 0 aromatic heterocycles. The zero-order valence-electron chi connectivity index (χ0n) is 10.2. The second-order valence-electron chi connectivity index (χ2n) is 4.65. The zero-order valence-corrected chi connectivity index (χ0v) is 13.4. The van der Waals surface area contributed by atoms with Crippen LogP contribution in [0.3, 0.4) is 0 Å². The van der Waals surface area contributed by atoms with Crippen molar-refractivity contribution in [2.75, 3.05) is 18.5 Å². The molecule has 2 atom stereocenters. The molecule has 0 saturated carbocycles. The zero-order chi connectivity index (χ0) is 12.4. The largest absolute Gasteiger partial charge is 0.368 e. The van der Waals surface area contributed by atoms with E-state index in [1.54, 1.807) is 0 Å². The number of anilines is 1. The number of hydrogen-bond acceptors (Lipinski definition) is 2. The normalized spacial score (nSPS) is 25.1. The Hall–Kier alpha value is -0.0600. The Morgan fingerprint density at radius 1 is 1.35 bits per heavy atom. The van der Waals surface area contributed by atoms with Crippen LogP contribution in [0.5, 0.6) is 0 Å². The molecule has 0 radical (unpaired) electrons. The molecule has 94 valence electrons. The van der Waals surface area contributed by atoms with Crippen LogP contribution in [-0.4, -0.2) is 25.7 Å². The Morgan fingerprint density at radius 2 is 2.12 bits per heavy atom. The van der Waals surface area contributed by atoms with Crippen molar-refractivity contribution in [3.8, 4) is 0 Å². The second-order valence-corrected chi connectivity index (χ2v) is 6.42. The Kier molecular flexibility index (Phi) is 4.50. The number of halogens is 2. The molecule has 1 aliphatic rings. The number of benzene rings is 1. The van der Waals surface area contributed by atoms with Gasteiger partial charge in [-0.25, -0.2) is 0 Å². The van der Waals surface area contributed by atoms with E-state index >= 15 is 0 Å². The highest BCUT2D eigenvalue weighted by Gasteiger charge is 2.25. The first-order valence-electron chi connectivity index (χ1n) is 6.00. The van der Waals surface area contributed by atoms with Crippen LogP contribution in [0.2, 0.25) is 0 Å². The van der Waals surface area contributed by atoms with E-state index in [2.05, 4.69) is 74.2 Å². The highest BCUT2D eigenvalue weighted by Crippen LogP contribution is 2.33. The molecule has 1 fully saturated rings. The highest BCUT2D eigenvalue weighted by atomic mass is 79.9. The molecule has 1 aromatic carbocycles. The minimum absolute atomic E-state index is 0.582. The van der Waals surface area contributed by atoms with Gasteiger partial charge in [-0.1, -0.05) is 15.9 Å². The maximum absolute atomic E-state index is 3.66. The minimum atomic E-state index is 0.582. The molecule has 2 unspecified atom stereocenters. The monoisotopic (exact) mass is 360 g/mol. The van der Waals surface area contributed by atoms with E-state index in [4.69, 9.17) is 0 Å². The van der Waals surface area contributed by atoms with Crippen molar-refractivity contribution in [1.82, 2.24) is 5.32 Å². The van der Waals surface area contributed by atoms with Gasteiger partial charge in [0.1, 0.15) is 0 Å². The van der Waals surface area contributed by atoms with Crippen LogP contribution in [0.25, 0.3) is 0 Å². The van der Waals surface area contributed by atoms with Crippen LogP contribution >= 0.6 is 31.9 Å². The number of rotatable bonds is 2. The summed E-state index contributed by atoms with van der Waals surface area (Å²) in [5.41, 5.74) is 1.30. The first-order chi connectivity index (χ1) is 8.11. The predicted molar refractivity (Wildman–Crippen MR) is 80.7 cm³/mol. The van der Waals surface area contributed by atoms with Gasteiger partial charge in [0.2, 0.25) is 0 Å². The first-order valence-corrected chi connectivity index (χ1v) is 7.59. The molecule has 1 heterocycles. The quantitative estimate of drug-likeness (QED) is 0.862. The fraction of sp³-hybridized carbons (Fsp3) is 0.538. The maximum atomic E-state index is 3.66. The van der Waals surface area contributed by atoms with Gasteiger partial charge in [-0.2, -0.15) is 0 Å². The van der Waals surface area contributed by atoms with E-state index in [1.807, 2.05) is 0 Å². The highest BCUT2D eigenvalue weighted by molar-refractivity contribution is 9.11. The van der Waals surface area contributed by atoms with Crippen LogP contribution in [-0.2, 0) is 0 Å². The van der Waals surface area contributed by atoms with Gasteiger partial charge in [0.25, 0.3) is 0 Å². The second kappa shape index (κ2) is 5.72. The molecule has 0 aliphatic carbocycles. The maximum Gasteiger partial charge on any atom is 0.0513 e. The molecule has 4 heteroatoms. The summed E-state index contributed by atoms with van der Waals surface area (Å²) in [6.45, 7) is 3.42. The summed E-state index contributed by atoms with van der Waals surface area (Å²) in [5, 5.41) is 3.38. The third-order valence-electron chi connectivity index (χ3n) is 3.50. The number of nitrogens with one attached hydrogen (secondary N) is 1.